The van der Waals surface area contributed by atoms with Gasteiger partial charge in [0.2, 0.25) is 5.91 Å². The first-order valence-electron chi connectivity index (χ1n) is 8.22. The third-order valence-corrected chi connectivity index (χ3v) is 3.44. The van der Waals surface area contributed by atoms with Crippen LogP contribution in [-0.4, -0.2) is 12.5 Å². The van der Waals surface area contributed by atoms with Crippen LogP contribution < -0.4 is 10.1 Å². The first-order valence-corrected chi connectivity index (χ1v) is 8.22. The van der Waals surface area contributed by atoms with Crippen LogP contribution in [0.2, 0.25) is 0 Å². The number of hydrogen-bond acceptors (Lipinski definition) is 2. The molecule has 1 N–H and O–H groups in total. The molecule has 0 radical (unpaired) electrons. The van der Waals surface area contributed by atoms with Crippen molar-refractivity contribution in [3.8, 4) is 11.5 Å². The Morgan fingerprint density at radius 2 is 1.78 bits per heavy atom. The minimum atomic E-state index is 0.140. The lowest BCUT2D eigenvalue weighted by Gasteiger charge is -2.09. The zero-order chi connectivity index (χ0) is 16.5. The van der Waals surface area contributed by atoms with Gasteiger partial charge in [-0.3, -0.25) is 4.79 Å². The monoisotopic (exact) mass is 311 g/mol. The smallest absolute Gasteiger partial charge is 0.220 e. The van der Waals surface area contributed by atoms with Crippen LogP contribution in [0.15, 0.2) is 54.6 Å². The molecule has 3 nitrogen and oxygen atoms in total. The molecule has 0 atom stereocenters. The van der Waals surface area contributed by atoms with Gasteiger partial charge in [-0.15, -0.1) is 0 Å². The van der Waals surface area contributed by atoms with E-state index in [-0.39, 0.29) is 5.91 Å². The second kappa shape index (κ2) is 8.99. The van der Waals surface area contributed by atoms with Crippen LogP contribution in [0.25, 0.3) is 0 Å². The maximum absolute atomic E-state index is 11.6. The molecular weight excluding hydrogens is 286 g/mol. The first kappa shape index (κ1) is 17.1. The SMILES string of the molecule is CC(C)CC(=O)NCCCc1cccc(Oc2ccccc2)c1. The largest absolute Gasteiger partial charge is 0.457 e. The Bertz CT molecular complexity index is 608. The molecule has 0 unspecified atom stereocenters. The van der Waals surface area contributed by atoms with Gasteiger partial charge in [-0.05, 0) is 48.6 Å². The van der Waals surface area contributed by atoms with Gasteiger partial charge >= 0.3 is 0 Å². The van der Waals surface area contributed by atoms with Crippen LogP contribution in [0.3, 0.4) is 0 Å². The zero-order valence-corrected chi connectivity index (χ0v) is 13.9. The van der Waals surface area contributed by atoms with Crippen molar-refractivity contribution in [2.24, 2.45) is 5.92 Å². The second-order valence-electron chi connectivity index (χ2n) is 6.11. The fourth-order valence-electron chi connectivity index (χ4n) is 2.35. The molecule has 0 saturated carbocycles. The number of amides is 1. The maximum Gasteiger partial charge on any atom is 0.220 e. The third kappa shape index (κ3) is 6.55. The van der Waals surface area contributed by atoms with Gasteiger partial charge in [-0.2, -0.15) is 0 Å². The molecule has 1 amide bonds. The summed E-state index contributed by atoms with van der Waals surface area (Å²) in [5.74, 6) is 2.23. The van der Waals surface area contributed by atoms with Gasteiger partial charge in [-0.25, -0.2) is 0 Å². The number of carbonyl (C=O) groups excluding carboxylic acids is 1. The third-order valence-electron chi connectivity index (χ3n) is 3.44. The van der Waals surface area contributed by atoms with E-state index in [9.17, 15) is 4.79 Å². The Morgan fingerprint density at radius 3 is 2.52 bits per heavy atom. The Morgan fingerprint density at radius 1 is 1.04 bits per heavy atom. The summed E-state index contributed by atoms with van der Waals surface area (Å²) < 4.78 is 5.84. The molecule has 0 aliphatic heterocycles. The van der Waals surface area contributed by atoms with Crippen LogP contribution in [0, 0.1) is 5.92 Å². The van der Waals surface area contributed by atoms with E-state index >= 15 is 0 Å². The van der Waals surface area contributed by atoms with Crippen molar-refractivity contribution in [3.05, 3.63) is 60.2 Å². The number of aryl methyl sites for hydroxylation is 1. The average Bonchev–Trinajstić information content (AvgIpc) is 2.52. The van der Waals surface area contributed by atoms with E-state index < -0.39 is 0 Å². The lowest BCUT2D eigenvalue weighted by Crippen LogP contribution is -2.25. The normalized spacial score (nSPS) is 10.6. The predicted octanol–water partition coefficient (Wildman–Crippen LogP) is 4.57. The summed E-state index contributed by atoms with van der Waals surface area (Å²) >= 11 is 0. The number of hydrogen-bond donors (Lipinski definition) is 1. The summed E-state index contributed by atoms with van der Waals surface area (Å²) in [5, 5.41) is 2.97. The molecule has 2 rings (SSSR count). The van der Waals surface area contributed by atoms with E-state index in [2.05, 4.69) is 31.3 Å². The highest BCUT2D eigenvalue weighted by Gasteiger charge is 2.04. The van der Waals surface area contributed by atoms with Crippen molar-refractivity contribution in [1.29, 1.82) is 0 Å². The maximum atomic E-state index is 11.6. The highest BCUT2D eigenvalue weighted by molar-refractivity contribution is 5.75. The Labute approximate surface area is 138 Å². The molecule has 3 heteroatoms. The van der Waals surface area contributed by atoms with E-state index in [0.717, 1.165) is 30.9 Å². The molecule has 2 aromatic carbocycles. The second-order valence-corrected chi connectivity index (χ2v) is 6.11. The Hall–Kier alpha value is -2.29. The van der Waals surface area contributed by atoms with Crippen LogP contribution >= 0.6 is 0 Å². The van der Waals surface area contributed by atoms with Crippen molar-refractivity contribution in [1.82, 2.24) is 5.32 Å². The summed E-state index contributed by atoms with van der Waals surface area (Å²) in [7, 11) is 0. The van der Waals surface area contributed by atoms with Crippen molar-refractivity contribution in [3.63, 3.8) is 0 Å². The fourth-order valence-corrected chi connectivity index (χ4v) is 2.35. The van der Waals surface area contributed by atoms with Crippen LogP contribution in [-0.2, 0) is 11.2 Å². The van der Waals surface area contributed by atoms with Crippen LogP contribution in [0.4, 0.5) is 0 Å². The van der Waals surface area contributed by atoms with Crippen molar-refractivity contribution >= 4 is 5.91 Å². The summed E-state index contributed by atoms with van der Waals surface area (Å²) in [6.45, 7) is 4.82. The van der Waals surface area contributed by atoms with E-state index in [1.165, 1.54) is 5.56 Å². The molecule has 0 aliphatic rings. The van der Waals surface area contributed by atoms with Gasteiger partial charge in [0, 0.05) is 13.0 Å². The summed E-state index contributed by atoms with van der Waals surface area (Å²) in [6, 6.07) is 17.9. The summed E-state index contributed by atoms with van der Waals surface area (Å²) in [5.41, 5.74) is 1.22. The van der Waals surface area contributed by atoms with E-state index in [1.54, 1.807) is 0 Å². The molecule has 2 aromatic rings. The van der Waals surface area contributed by atoms with Gasteiger partial charge in [0.1, 0.15) is 11.5 Å². The molecule has 0 aromatic heterocycles. The lowest BCUT2D eigenvalue weighted by molar-refractivity contribution is -0.121. The molecule has 122 valence electrons. The van der Waals surface area contributed by atoms with Crippen molar-refractivity contribution < 1.29 is 9.53 Å². The number of para-hydroxylation sites is 1. The number of ether oxygens (including phenoxy) is 1. The van der Waals surface area contributed by atoms with Gasteiger partial charge in [0.05, 0.1) is 0 Å². The van der Waals surface area contributed by atoms with Crippen molar-refractivity contribution in [2.45, 2.75) is 33.1 Å². The number of carbonyl (C=O) groups is 1. The minimum Gasteiger partial charge on any atom is -0.457 e. The molecule has 0 bridgehead atoms. The molecule has 0 heterocycles. The first-order chi connectivity index (χ1) is 11.1. The highest BCUT2D eigenvalue weighted by Crippen LogP contribution is 2.22. The molecule has 0 fully saturated rings. The summed E-state index contributed by atoms with van der Waals surface area (Å²) in [6.07, 6.45) is 2.45. The van der Waals surface area contributed by atoms with E-state index in [0.29, 0.717) is 12.3 Å². The number of benzene rings is 2. The zero-order valence-electron chi connectivity index (χ0n) is 13.9. The number of nitrogens with one attached hydrogen (secondary N) is 1. The lowest BCUT2D eigenvalue weighted by atomic mass is 10.1. The Kier molecular flexibility index (Phi) is 6.67. The molecule has 0 saturated heterocycles. The summed E-state index contributed by atoms with van der Waals surface area (Å²) in [4.78, 5) is 11.6. The van der Waals surface area contributed by atoms with Crippen molar-refractivity contribution in [2.75, 3.05) is 6.54 Å². The van der Waals surface area contributed by atoms with E-state index in [1.807, 2.05) is 42.5 Å². The van der Waals surface area contributed by atoms with Crippen LogP contribution in [0.1, 0.15) is 32.3 Å². The standard InChI is InChI=1S/C20H25NO2/c1-16(2)14-20(22)21-13-7-9-17-8-6-12-19(15-17)23-18-10-4-3-5-11-18/h3-6,8,10-12,15-16H,7,9,13-14H2,1-2H3,(H,21,22). The topological polar surface area (TPSA) is 38.3 Å². The Balaban J connectivity index is 1.78. The molecule has 0 spiro atoms. The predicted molar refractivity (Wildman–Crippen MR) is 93.7 cm³/mol. The van der Waals surface area contributed by atoms with E-state index in [4.69, 9.17) is 4.74 Å². The highest BCUT2D eigenvalue weighted by atomic mass is 16.5. The average molecular weight is 311 g/mol. The van der Waals surface area contributed by atoms with Crippen LogP contribution in [0.5, 0.6) is 11.5 Å². The fraction of sp³-hybridized carbons (Fsp3) is 0.350. The van der Waals surface area contributed by atoms with Gasteiger partial charge in [0.15, 0.2) is 0 Å². The molecule has 0 aliphatic carbocycles. The number of rotatable bonds is 8. The van der Waals surface area contributed by atoms with Gasteiger partial charge in [0.25, 0.3) is 0 Å². The molecular formula is C20H25NO2. The van der Waals surface area contributed by atoms with Gasteiger partial charge < -0.3 is 10.1 Å². The molecule has 23 heavy (non-hydrogen) atoms. The minimum absolute atomic E-state index is 0.140. The van der Waals surface area contributed by atoms with Gasteiger partial charge in [-0.1, -0.05) is 44.2 Å². The quantitative estimate of drug-likeness (QED) is 0.725.